The van der Waals surface area contributed by atoms with Gasteiger partial charge in [0.05, 0.1) is 17.0 Å². The molecule has 2 fully saturated rings. The lowest BCUT2D eigenvalue weighted by atomic mass is 9.85. The Morgan fingerprint density at radius 3 is 2.85 bits per heavy atom. The van der Waals surface area contributed by atoms with Gasteiger partial charge in [0, 0.05) is 17.2 Å². The number of aromatic nitrogens is 5. The highest BCUT2D eigenvalue weighted by Crippen LogP contribution is 2.46. The summed E-state index contributed by atoms with van der Waals surface area (Å²) in [6.07, 6.45) is 7.44. The molecule has 3 aromatic rings. The van der Waals surface area contributed by atoms with Crippen molar-refractivity contribution in [1.29, 1.82) is 0 Å². The van der Waals surface area contributed by atoms with E-state index in [0.29, 0.717) is 12.1 Å². The Morgan fingerprint density at radius 2 is 2.08 bits per heavy atom. The van der Waals surface area contributed by atoms with Crippen molar-refractivity contribution in [3.05, 3.63) is 24.3 Å². The van der Waals surface area contributed by atoms with Crippen LogP contribution in [0.25, 0.3) is 16.8 Å². The quantitative estimate of drug-likeness (QED) is 0.725. The van der Waals surface area contributed by atoms with Crippen molar-refractivity contribution in [3.63, 3.8) is 0 Å². The fraction of sp³-hybridized carbons (Fsp3) is 0.588. The van der Waals surface area contributed by atoms with E-state index in [0.717, 1.165) is 42.7 Å². The summed E-state index contributed by atoms with van der Waals surface area (Å²) in [5.41, 5.74) is 1.73. The maximum absolute atomic E-state index is 12.4. The fourth-order valence-corrected chi connectivity index (χ4v) is 6.22. The second-order valence-electron chi connectivity index (χ2n) is 8.33. The van der Waals surface area contributed by atoms with E-state index in [1.165, 1.54) is 0 Å². The van der Waals surface area contributed by atoms with E-state index in [1.54, 1.807) is 6.20 Å². The minimum absolute atomic E-state index is 0.203. The van der Waals surface area contributed by atoms with E-state index < -0.39 is 15.6 Å². The number of nitrogens with one attached hydrogen (secondary N) is 2. The van der Waals surface area contributed by atoms with Crippen molar-refractivity contribution in [2.24, 2.45) is 0 Å². The topological polar surface area (TPSA) is 105 Å². The summed E-state index contributed by atoms with van der Waals surface area (Å²) < 4.78 is 29.9. The number of aromatic amines is 1. The van der Waals surface area contributed by atoms with E-state index in [9.17, 15) is 8.42 Å². The minimum atomic E-state index is -3.22. The maximum atomic E-state index is 12.4. The molecule has 138 valence electrons. The molecule has 3 aromatic heterocycles. The van der Waals surface area contributed by atoms with Gasteiger partial charge in [-0.3, -0.25) is 4.40 Å². The first kappa shape index (κ1) is 16.2. The molecule has 0 aliphatic heterocycles. The van der Waals surface area contributed by atoms with Gasteiger partial charge in [-0.25, -0.2) is 18.1 Å². The number of hydrogen-bond acceptors (Lipinski definition) is 5. The lowest BCUT2D eigenvalue weighted by molar-refractivity contribution is 0.378. The van der Waals surface area contributed by atoms with Gasteiger partial charge < -0.3 is 4.98 Å². The number of rotatable bonds is 4. The zero-order chi connectivity index (χ0) is 18.2. The number of fused-ring (bicyclic) bond motifs is 3. The number of sulfonamides is 1. The van der Waals surface area contributed by atoms with Crippen LogP contribution in [0.4, 0.5) is 0 Å². The van der Waals surface area contributed by atoms with Gasteiger partial charge >= 0.3 is 0 Å². The van der Waals surface area contributed by atoms with Gasteiger partial charge in [-0.2, -0.15) is 0 Å². The van der Waals surface area contributed by atoms with Crippen molar-refractivity contribution < 1.29 is 8.42 Å². The first-order chi connectivity index (χ1) is 12.3. The molecule has 2 atom stereocenters. The van der Waals surface area contributed by atoms with Crippen LogP contribution in [0, 0.1) is 0 Å². The standard InChI is InChI=1S/C17H22N6O2S/c1-16(6-7-17(2,10-16)22-26(24,25)11-3-4-11)15-21-20-13-9-19-14-12(23(13)15)5-8-18-14/h5,8-9,11,18,22H,3-4,6-7,10H2,1-2H3/t16-,17+/m1/s1. The summed E-state index contributed by atoms with van der Waals surface area (Å²) in [6.45, 7) is 4.16. The van der Waals surface area contributed by atoms with Crippen LogP contribution in [-0.2, 0) is 15.4 Å². The van der Waals surface area contributed by atoms with Crippen molar-refractivity contribution in [1.82, 2.24) is 29.3 Å². The molecule has 9 heteroatoms. The van der Waals surface area contributed by atoms with Crippen molar-refractivity contribution in [2.45, 2.75) is 62.2 Å². The molecule has 0 aromatic carbocycles. The third-order valence-corrected chi connectivity index (χ3v) is 7.97. The summed E-state index contributed by atoms with van der Waals surface area (Å²) in [4.78, 5) is 7.48. The van der Waals surface area contributed by atoms with Crippen LogP contribution < -0.4 is 4.72 Å². The van der Waals surface area contributed by atoms with E-state index in [2.05, 4.69) is 31.8 Å². The van der Waals surface area contributed by atoms with Crippen LogP contribution in [0.3, 0.4) is 0 Å². The normalized spacial score (nSPS) is 29.8. The lowest BCUT2D eigenvalue weighted by Crippen LogP contribution is -2.46. The van der Waals surface area contributed by atoms with Gasteiger partial charge in [0.1, 0.15) is 5.82 Å². The average Bonchev–Trinajstić information content (AvgIpc) is 3.05. The second-order valence-corrected chi connectivity index (χ2v) is 10.3. The molecular formula is C17H22N6O2S. The third kappa shape index (κ3) is 2.37. The van der Waals surface area contributed by atoms with Crippen molar-refractivity contribution in [2.75, 3.05) is 0 Å². The first-order valence-corrected chi connectivity index (χ1v) is 10.5. The second kappa shape index (κ2) is 5.04. The van der Waals surface area contributed by atoms with Crippen molar-refractivity contribution >= 4 is 26.8 Å². The Kier molecular flexibility index (Phi) is 3.14. The van der Waals surface area contributed by atoms with Gasteiger partial charge in [-0.05, 0) is 45.1 Å². The molecule has 0 amide bonds. The smallest absolute Gasteiger partial charge is 0.214 e. The summed E-state index contributed by atoms with van der Waals surface area (Å²) in [7, 11) is -3.22. The van der Waals surface area contributed by atoms with E-state index >= 15 is 0 Å². The van der Waals surface area contributed by atoms with Gasteiger partial charge in [-0.1, -0.05) is 6.92 Å². The highest BCUT2D eigenvalue weighted by molar-refractivity contribution is 7.90. The fourth-order valence-electron chi connectivity index (χ4n) is 4.44. The lowest BCUT2D eigenvalue weighted by Gasteiger charge is -2.28. The first-order valence-electron chi connectivity index (χ1n) is 9.00. The zero-order valence-electron chi connectivity index (χ0n) is 14.9. The Bertz CT molecular complexity index is 1110. The summed E-state index contributed by atoms with van der Waals surface area (Å²) in [6, 6.07) is 1.97. The van der Waals surface area contributed by atoms with Crippen LogP contribution in [0.2, 0.25) is 0 Å². The van der Waals surface area contributed by atoms with Gasteiger partial charge in [-0.15, -0.1) is 10.2 Å². The van der Waals surface area contributed by atoms with Crippen LogP contribution in [0.5, 0.6) is 0 Å². The Hall–Kier alpha value is -2.00. The molecule has 8 nitrogen and oxygen atoms in total. The molecular weight excluding hydrogens is 352 g/mol. The van der Waals surface area contributed by atoms with Crippen LogP contribution >= 0.6 is 0 Å². The molecule has 2 saturated carbocycles. The molecule has 0 radical (unpaired) electrons. The predicted octanol–water partition coefficient (Wildman–Crippen LogP) is 1.89. The number of nitrogens with zero attached hydrogens (tertiary/aromatic N) is 4. The highest BCUT2D eigenvalue weighted by Gasteiger charge is 2.49. The summed E-state index contributed by atoms with van der Waals surface area (Å²) >= 11 is 0. The molecule has 2 aliphatic carbocycles. The summed E-state index contributed by atoms with van der Waals surface area (Å²) in [5.74, 6) is 0.869. The van der Waals surface area contributed by atoms with E-state index in [-0.39, 0.29) is 10.7 Å². The van der Waals surface area contributed by atoms with E-state index in [1.807, 2.05) is 23.6 Å². The molecule has 3 heterocycles. The third-order valence-electron chi connectivity index (χ3n) is 5.84. The molecule has 0 bridgehead atoms. The Morgan fingerprint density at radius 1 is 1.27 bits per heavy atom. The van der Waals surface area contributed by atoms with Crippen molar-refractivity contribution in [3.8, 4) is 0 Å². The SMILES string of the molecule is C[C@]1(NS(=O)(=O)C2CC2)CC[C@@](C)(c2nnc3cnc4[nH]ccc4n23)C1. The predicted molar refractivity (Wildman–Crippen MR) is 97.3 cm³/mol. The van der Waals surface area contributed by atoms with Crippen LogP contribution in [-0.4, -0.2) is 43.8 Å². The highest BCUT2D eigenvalue weighted by atomic mass is 32.2. The average molecular weight is 374 g/mol. The minimum Gasteiger partial charge on any atom is -0.345 e. The molecule has 5 rings (SSSR count). The summed E-state index contributed by atoms with van der Waals surface area (Å²) in [5, 5.41) is 8.56. The largest absolute Gasteiger partial charge is 0.345 e. The molecule has 0 spiro atoms. The monoisotopic (exact) mass is 374 g/mol. The molecule has 2 N–H and O–H groups in total. The van der Waals surface area contributed by atoms with Gasteiger partial charge in [0.25, 0.3) is 0 Å². The molecule has 26 heavy (non-hydrogen) atoms. The van der Waals surface area contributed by atoms with Gasteiger partial charge in [0.2, 0.25) is 10.0 Å². The molecule has 0 saturated heterocycles. The number of H-pyrrole nitrogens is 1. The molecule has 2 aliphatic rings. The zero-order valence-corrected chi connectivity index (χ0v) is 15.7. The number of hydrogen-bond donors (Lipinski definition) is 2. The van der Waals surface area contributed by atoms with Gasteiger partial charge in [0.15, 0.2) is 11.3 Å². The Labute approximate surface area is 151 Å². The van der Waals surface area contributed by atoms with Crippen LogP contribution in [0.1, 0.15) is 51.8 Å². The van der Waals surface area contributed by atoms with Crippen LogP contribution in [0.15, 0.2) is 18.5 Å². The Balaban J connectivity index is 1.54. The maximum Gasteiger partial charge on any atom is 0.214 e. The van der Waals surface area contributed by atoms with E-state index in [4.69, 9.17) is 0 Å². The molecule has 0 unspecified atom stereocenters.